The van der Waals surface area contributed by atoms with Crippen LogP contribution in [0.1, 0.15) is 39.4 Å². The van der Waals surface area contributed by atoms with Crippen molar-refractivity contribution in [1.29, 1.82) is 0 Å². The molecule has 100 valence electrons. The summed E-state index contributed by atoms with van der Waals surface area (Å²) in [7, 11) is 0. The average molecular weight is 269 g/mol. The Morgan fingerprint density at radius 3 is 2.72 bits per heavy atom. The van der Waals surface area contributed by atoms with Crippen molar-refractivity contribution in [1.82, 2.24) is 4.90 Å². The monoisotopic (exact) mass is 269 g/mol. The zero-order valence-electron chi connectivity index (χ0n) is 10.6. The van der Waals surface area contributed by atoms with E-state index in [1.165, 1.54) is 30.6 Å². The van der Waals surface area contributed by atoms with Crippen molar-refractivity contribution in [3.8, 4) is 0 Å². The summed E-state index contributed by atoms with van der Waals surface area (Å²) in [6, 6.07) is 2.33. The normalized spacial score (nSPS) is 15.9. The molecule has 1 aromatic heterocycles. The summed E-state index contributed by atoms with van der Waals surface area (Å²) in [4.78, 5) is 14.7. The minimum absolute atomic E-state index is 0.158. The van der Waals surface area contributed by atoms with Gasteiger partial charge in [-0.05, 0) is 31.4 Å². The van der Waals surface area contributed by atoms with Crippen LogP contribution < -0.4 is 0 Å². The van der Waals surface area contributed by atoms with Crippen LogP contribution in [0.2, 0.25) is 0 Å². The Hall–Kier alpha value is -0.910. The van der Waals surface area contributed by atoms with E-state index in [4.69, 9.17) is 10.2 Å². The number of carbonyl (C=O) groups is 1. The van der Waals surface area contributed by atoms with Crippen molar-refractivity contribution in [2.45, 2.75) is 38.8 Å². The van der Waals surface area contributed by atoms with Gasteiger partial charge in [0.2, 0.25) is 0 Å². The number of hydrogen-bond donors (Lipinski definition) is 2. The predicted molar refractivity (Wildman–Crippen MR) is 71.2 cm³/mol. The first kappa shape index (κ1) is 13.5. The zero-order valence-corrected chi connectivity index (χ0v) is 11.4. The maximum Gasteiger partial charge on any atom is 0.345 e. The molecule has 1 heterocycles. The number of thiophene rings is 1. The van der Waals surface area contributed by atoms with Crippen molar-refractivity contribution in [3.05, 3.63) is 21.4 Å². The molecule has 1 aliphatic rings. The first-order valence-corrected chi connectivity index (χ1v) is 7.11. The number of aliphatic hydroxyl groups excluding tert-OH is 1. The molecule has 18 heavy (non-hydrogen) atoms. The summed E-state index contributed by atoms with van der Waals surface area (Å²) in [6.07, 6.45) is 3.64. The van der Waals surface area contributed by atoms with Crippen molar-refractivity contribution in [2.75, 3.05) is 13.2 Å². The van der Waals surface area contributed by atoms with Crippen molar-refractivity contribution < 1.29 is 15.0 Å². The van der Waals surface area contributed by atoms with Gasteiger partial charge in [-0.3, -0.25) is 4.90 Å². The summed E-state index contributed by atoms with van der Waals surface area (Å²) in [6.45, 7) is 3.54. The van der Waals surface area contributed by atoms with Gasteiger partial charge < -0.3 is 10.2 Å². The molecule has 0 amide bonds. The van der Waals surface area contributed by atoms with E-state index in [2.05, 4.69) is 4.90 Å². The molecule has 1 aromatic rings. The highest BCUT2D eigenvalue weighted by Gasteiger charge is 2.25. The highest BCUT2D eigenvalue weighted by atomic mass is 32.1. The van der Waals surface area contributed by atoms with Gasteiger partial charge >= 0.3 is 5.97 Å². The lowest BCUT2D eigenvalue weighted by atomic mass is 9.91. The Morgan fingerprint density at radius 1 is 1.56 bits per heavy atom. The molecule has 2 N–H and O–H groups in total. The second kappa shape index (κ2) is 5.82. The summed E-state index contributed by atoms with van der Waals surface area (Å²) in [5.41, 5.74) is 1.08. The van der Waals surface area contributed by atoms with E-state index in [0.717, 1.165) is 17.0 Å². The van der Waals surface area contributed by atoms with Crippen LogP contribution >= 0.6 is 11.3 Å². The fourth-order valence-electron chi connectivity index (χ4n) is 2.27. The number of aromatic carboxylic acids is 1. The smallest absolute Gasteiger partial charge is 0.345 e. The van der Waals surface area contributed by atoms with E-state index in [1.807, 2.05) is 6.92 Å². The minimum atomic E-state index is -0.855. The van der Waals surface area contributed by atoms with Crippen LogP contribution in [0.4, 0.5) is 0 Å². The van der Waals surface area contributed by atoms with E-state index in [9.17, 15) is 4.79 Å². The highest BCUT2D eigenvalue weighted by Crippen LogP contribution is 2.28. The summed E-state index contributed by atoms with van der Waals surface area (Å²) in [5.74, 6) is -0.855. The van der Waals surface area contributed by atoms with Gasteiger partial charge in [-0.15, -0.1) is 11.3 Å². The molecule has 1 saturated carbocycles. The van der Waals surface area contributed by atoms with Gasteiger partial charge in [0.15, 0.2) is 0 Å². The Balaban J connectivity index is 2.07. The number of aryl methyl sites for hydroxylation is 1. The topological polar surface area (TPSA) is 60.8 Å². The predicted octanol–water partition coefficient (Wildman–Crippen LogP) is 2.10. The van der Waals surface area contributed by atoms with Gasteiger partial charge in [0, 0.05) is 24.0 Å². The molecule has 0 spiro atoms. The molecular formula is C13H19NO3S. The Labute approximate surface area is 111 Å². The summed E-state index contributed by atoms with van der Waals surface area (Å²) >= 11 is 1.33. The fourth-order valence-corrected chi connectivity index (χ4v) is 3.14. The molecule has 0 aliphatic heterocycles. The van der Waals surface area contributed by atoms with E-state index in [1.54, 1.807) is 6.07 Å². The molecule has 0 radical (unpaired) electrons. The molecule has 0 unspecified atom stereocenters. The third-order valence-corrected chi connectivity index (χ3v) is 4.66. The first-order chi connectivity index (χ1) is 8.61. The highest BCUT2D eigenvalue weighted by molar-refractivity contribution is 7.14. The van der Waals surface area contributed by atoms with E-state index < -0.39 is 5.97 Å². The van der Waals surface area contributed by atoms with Gasteiger partial charge in [-0.2, -0.15) is 0 Å². The second-order valence-electron chi connectivity index (χ2n) is 4.78. The van der Waals surface area contributed by atoms with Gasteiger partial charge in [0.25, 0.3) is 0 Å². The molecule has 5 heteroatoms. The Morgan fingerprint density at radius 2 is 2.28 bits per heavy atom. The van der Waals surface area contributed by atoms with E-state index in [-0.39, 0.29) is 6.61 Å². The largest absolute Gasteiger partial charge is 0.477 e. The Kier molecular flexibility index (Phi) is 4.37. The maximum atomic E-state index is 10.9. The minimum Gasteiger partial charge on any atom is -0.477 e. The number of aliphatic hydroxyl groups is 1. The third kappa shape index (κ3) is 2.91. The second-order valence-corrected chi connectivity index (χ2v) is 6.03. The van der Waals surface area contributed by atoms with Gasteiger partial charge in [0.1, 0.15) is 4.88 Å². The lowest BCUT2D eigenvalue weighted by Crippen LogP contribution is -2.41. The Bertz CT molecular complexity index is 426. The van der Waals surface area contributed by atoms with Crippen molar-refractivity contribution >= 4 is 17.3 Å². The van der Waals surface area contributed by atoms with Crippen LogP contribution in [-0.4, -0.2) is 40.3 Å². The third-order valence-electron chi connectivity index (χ3n) is 3.58. The van der Waals surface area contributed by atoms with Crippen LogP contribution in [0.25, 0.3) is 0 Å². The number of hydrogen-bond acceptors (Lipinski definition) is 4. The molecule has 0 aromatic carbocycles. The van der Waals surface area contributed by atoms with Crippen molar-refractivity contribution in [2.24, 2.45) is 0 Å². The van der Waals surface area contributed by atoms with Crippen LogP contribution in [0.5, 0.6) is 0 Å². The zero-order chi connectivity index (χ0) is 13.1. The fraction of sp³-hybridized carbons (Fsp3) is 0.615. The van der Waals surface area contributed by atoms with Crippen LogP contribution in [0, 0.1) is 6.92 Å². The summed E-state index contributed by atoms with van der Waals surface area (Å²) < 4.78 is 0. The van der Waals surface area contributed by atoms with E-state index in [0.29, 0.717) is 17.5 Å². The van der Waals surface area contributed by atoms with Crippen LogP contribution in [0.3, 0.4) is 0 Å². The molecule has 0 bridgehead atoms. The van der Waals surface area contributed by atoms with E-state index >= 15 is 0 Å². The quantitative estimate of drug-likeness (QED) is 0.830. The SMILES string of the molecule is Cc1sc(C(=O)O)cc1CN(CCO)C1CCC1. The van der Waals surface area contributed by atoms with Gasteiger partial charge in [-0.25, -0.2) is 4.79 Å². The lowest BCUT2D eigenvalue weighted by Gasteiger charge is -2.37. The van der Waals surface area contributed by atoms with Gasteiger partial charge in [0.05, 0.1) is 6.61 Å². The molecule has 0 saturated heterocycles. The lowest BCUT2D eigenvalue weighted by molar-refractivity contribution is 0.0701. The molecular weight excluding hydrogens is 250 g/mol. The number of rotatable bonds is 6. The van der Waals surface area contributed by atoms with Crippen LogP contribution in [0.15, 0.2) is 6.07 Å². The first-order valence-electron chi connectivity index (χ1n) is 6.29. The van der Waals surface area contributed by atoms with Gasteiger partial charge in [-0.1, -0.05) is 6.42 Å². The number of carboxylic acids is 1. The van der Waals surface area contributed by atoms with Crippen molar-refractivity contribution in [3.63, 3.8) is 0 Å². The molecule has 0 atom stereocenters. The maximum absolute atomic E-state index is 10.9. The molecule has 2 rings (SSSR count). The molecule has 1 aliphatic carbocycles. The number of nitrogens with zero attached hydrogens (tertiary/aromatic N) is 1. The summed E-state index contributed by atoms with van der Waals surface area (Å²) in [5, 5.41) is 18.1. The average Bonchev–Trinajstić information content (AvgIpc) is 2.58. The number of carboxylic acid groups (broad SMARTS) is 1. The standard InChI is InChI=1S/C13H19NO3S/c1-9-10(7-12(18-9)13(16)17)8-14(5-6-15)11-3-2-4-11/h7,11,15H,2-6,8H2,1H3,(H,16,17). The molecule has 1 fully saturated rings. The molecule has 4 nitrogen and oxygen atoms in total. The van der Waals surface area contributed by atoms with Crippen LogP contribution in [-0.2, 0) is 6.54 Å².